The molecule has 3 aromatic rings. The molecule has 0 amide bonds. The molecule has 1 aliphatic carbocycles. The molecule has 136 valence electrons. The molecular formula is C25H25NO. The Kier molecular flexibility index (Phi) is 4.52. The monoisotopic (exact) mass is 355 g/mol. The molecule has 4 atom stereocenters. The first-order valence-corrected chi connectivity index (χ1v) is 9.96. The average Bonchev–Trinajstić information content (AvgIpc) is 3.31. The third-order valence-electron chi connectivity index (χ3n) is 6.16. The molecule has 0 bridgehead atoms. The van der Waals surface area contributed by atoms with Crippen LogP contribution in [-0.2, 0) is 11.4 Å². The average molecular weight is 355 g/mol. The van der Waals surface area contributed by atoms with E-state index in [1.165, 1.54) is 29.5 Å². The van der Waals surface area contributed by atoms with Gasteiger partial charge in [0, 0.05) is 18.5 Å². The lowest BCUT2D eigenvalue weighted by atomic mass is 9.91. The first-order chi connectivity index (χ1) is 13.4. The molecule has 1 saturated heterocycles. The van der Waals surface area contributed by atoms with Gasteiger partial charge in [-0.05, 0) is 35.4 Å². The van der Waals surface area contributed by atoms with E-state index in [1.54, 1.807) is 0 Å². The zero-order valence-corrected chi connectivity index (χ0v) is 15.4. The van der Waals surface area contributed by atoms with Gasteiger partial charge in [0.05, 0.1) is 0 Å². The van der Waals surface area contributed by atoms with Crippen molar-refractivity contribution < 1.29 is 4.84 Å². The van der Waals surface area contributed by atoms with Crippen LogP contribution in [0, 0.1) is 5.92 Å². The van der Waals surface area contributed by atoms with E-state index in [1.807, 2.05) is 0 Å². The van der Waals surface area contributed by atoms with Crippen LogP contribution >= 0.6 is 0 Å². The van der Waals surface area contributed by atoms with Crippen molar-refractivity contribution in [3.05, 3.63) is 108 Å². The number of rotatable bonds is 4. The summed E-state index contributed by atoms with van der Waals surface area (Å²) in [5, 5.41) is 2.26. The van der Waals surface area contributed by atoms with Gasteiger partial charge in [0.15, 0.2) is 0 Å². The normalized spacial score (nSPS) is 27.6. The van der Waals surface area contributed by atoms with Gasteiger partial charge in [-0.1, -0.05) is 91.0 Å². The van der Waals surface area contributed by atoms with E-state index < -0.39 is 0 Å². The maximum atomic E-state index is 6.54. The van der Waals surface area contributed by atoms with Gasteiger partial charge in [-0.25, -0.2) is 0 Å². The van der Waals surface area contributed by atoms with Gasteiger partial charge in [-0.3, -0.25) is 4.84 Å². The summed E-state index contributed by atoms with van der Waals surface area (Å²) in [6.07, 6.45) is 2.53. The van der Waals surface area contributed by atoms with Crippen molar-refractivity contribution in [3.8, 4) is 0 Å². The number of hydrogen-bond donors (Lipinski definition) is 0. The van der Waals surface area contributed by atoms with Crippen LogP contribution in [0.1, 0.15) is 41.6 Å². The van der Waals surface area contributed by atoms with Crippen molar-refractivity contribution in [3.63, 3.8) is 0 Å². The molecule has 0 N–H and O–H groups in total. The Bertz CT molecular complexity index is 865. The first-order valence-electron chi connectivity index (χ1n) is 9.96. The topological polar surface area (TPSA) is 12.5 Å². The van der Waals surface area contributed by atoms with Crippen LogP contribution in [0.2, 0.25) is 0 Å². The fraction of sp³-hybridized carbons (Fsp3) is 0.280. The first kappa shape index (κ1) is 16.7. The van der Waals surface area contributed by atoms with Crippen LogP contribution in [-0.4, -0.2) is 11.1 Å². The molecule has 0 spiro atoms. The summed E-state index contributed by atoms with van der Waals surface area (Å²) in [5.41, 5.74) is 4.09. The van der Waals surface area contributed by atoms with E-state index in [0.717, 1.165) is 6.54 Å². The molecule has 2 aliphatic rings. The molecule has 2 nitrogen and oxygen atoms in total. The maximum absolute atomic E-state index is 6.54. The Morgan fingerprint density at radius 1 is 0.704 bits per heavy atom. The van der Waals surface area contributed by atoms with Gasteiger partial charge in [0.2, 0.25) is 0 Å². The lowest BCUT2D eigenvalue weighted by molar-refractivity contribution is -0.174. The molecule has 2 heteroatoms. The van der Waals surface area contributed by atoms with Crippen molar-refractivity contribution in [2.45, 2.75) is 37.5 Å². The zero-order valence-electron chi connectivity index (χ0n) is 15.4. The highest BCUT2D eigenvalue weighted by atomic mass is 16.7. The van der Waals surface area contributed by atoms with Crippen molar-refractivity contribution in [2.75, 3.05) is 0 Å². The molecule has 27 heavy (non-hydrogen) atoms. The molecule has 1 aliphatic heterocycles. The van der Waals surface area contributed by atoms with Crippen LogP contribution in [0.15, 0.2) is 91.0 Å². The lowest BCUT2D eigenvalue weighted by Crippen LogP contribution is -2.28. The minimum atomic E-state index is 0.161. The Morgan fingerprint density at radius 2 is 1.30 bits per heavy atom. The number of hydrogen-bond acceptors (Lipinski definition) is 2. The molecular weight excluding hydrogens is 330 g/mol. The predicted octanol–water partition coefficient (Wildman–Crippen LogP) is 5.74. The van der Waals surface area contributed by atoms with E-state index in [9.17, 15) is 0 Å². The molecule has 3 aromatic carbocycles. The maximum Gasteiger partial charge on any atom is 0.109 e. The highest BCUT2D eigenvalue weighted by molar-refractivity contribution is 5.26. The summed E-state index contributed by atoms with van der Waals surface area (Å²) in [6, 6.07) is 32.9. The summed E-state index contributed by atoms with van der Waals surface area (Å²) < 4.78 is 0. The van der Waals surface area contributed by atoms with E-state index in [4.69, 9.17) is 4.84 Å². The van der Waals surface area contributed by atoms with Crippen LogP contribution in [0.25, 0.3) is 0 Å². The Morgan fingerprint density at radius 3 is 1.96 bits per heavy atom. The molecule has 0 radical (unpaired) electrons. The third-order valence-corrected chi connectivity index (χ3v) is 6.16. The second kappa shape index (κ2) is 7.30. The van der Waals surface area contributed by atoms with E-state index in [0.29, 0.717) is 17.9 Å². The molecule has 0 unspecified atom stereocenters. The summed E-state index contributed by atoms with van der Waals surface area (Å²) >= 11 is 0. The van der Waals surface area contributed by atoms with Crippen molar-refractivity contribution >= 4 is 0 Å². The number of fused-ring (bicyclic) bond motifs is 1. The molecule has 0 aromatic heterocycles. The molecule has 1 heterocycles. The fourth-order valence-electron chi connectivity index (χ4n) is 4.87. The summed E-state index contributed by atoms with van der Waals surface area (Å²) in [4.78, 5) is 6.54. The van der Waals surface area contributed by atoms with Crippen molar-refractivity contribution in [1.82, 2.24) is 5.06 Å². The van der Waals surface area contributed by atoms with Crippen molar-refractivity contribution in [2.24, 2.45) is 5.92 Å². The van der Waals surface area contributed by atoms with Gasteiger partial charge >= 0.3 is 0 Å². The van der Waals surface area contributed by atoms with Gasteiger partial charge in [-0.2, -0.15) is 5.06 Å². The van der Waals surface area contributed by atoms with Crippen LogP contribution in [0.4, 0.5) is 0 Å². The minimum absolute atomic E-state index is 0.161. The van der Waals surface area contributed by atoms with E-state index >= 15 is 0 Å². The van der Waals surface area contributed by atoms with Crippen LogP contribution < -0.4 is 0 Å². The molecule has 5 rings (SSSR count). The van der Waals surface area contributed by atoms with Gasteiger partial charge in [-0.15, -0.1) is 0 Å². The smallest absolute Gasteiger partial charge is 0.109 e. The Hall–Kier alpha value is -2.42. The van der Waals surface area contributed by atoms with Gasteiger partial charge in [0.1, 0.15) is 6.10 Å². The Labute approximate surface area is 161 Å². The largest absolute Gasteiger partial charge is 0.290 e. The quantitative estimate of drug-likeness (QED) is 0.592. The van der Waals surface area contributed by atoms with Gasteiger partial charge in [0.25, 0.3) is 0 Å². The SMILES string of the molecule is c1ccc(CN2O[C@@H](c3ccccc3)[C@@H]3C[C@H](c4ccccc4)C[C@@H]32)cc1. The Balaban J connectivity index is 1.43. The lowest BCUT2D eigenvalue weighted by Gasteiger charge is -2.23. The highest BCUT2D eigenvalue weighted by Gasteiger charge is 2.49. The van der Waals surface area contributed by atoms with Gasteiger partial charge < -0.3 is 0 Å². The zero-order chi connectivity index (χ0) is 18.1. The van der Waals surface area contributed by atoms with Crippen LogP contribution in [0.5, 0.6) is 0 Å². The second-order valence-corrected chi connectivity index (χ2v) is 7.81. The number of nitrogens with zero attached hydrogens (tertiary/aromatic N) is 1. The molecule has 2 fully saturated rings. The predicted molar refractivity (Wildman–Crippen MR) is 108 cm³/mol. The standard InChI is InChI=1S/C25H25NO/c1-4-10-19(11-5-1)18-26-24-17-22(20-12-6-2-7-13-20)16-23(24)25(27-26)21-14-8-3-9-15-21/h1-15,22-25H,16-18H2/t22-,23+,24-,25-/m0/s1. The third kappa shape index (κ3) is 3.31. The summed E-state index contributed by atoms with van der Waals surface area (Å²) in [6.45, 7) is 0.854. The highest BCUT2D eigenvalue weighted by Crippen LogP contribution is 2.52. The fourth-order valence-corrected chi connectivity index (χ4v) is 4.87. The summed E-state index contributed by atoms with van der Waals surface area (Å²) in [7, 11) is 0. The minimum Gasteiger partial charge on any atom is -0.290 e. The number of benzene rings is 3. The number of hydroxylamine groups is 2. The van der Waals surface area contributed by atoms with E-state index in [2.05, 4.69) is 96.1 Å². The van der Waals surface area contributed by atoms with Crippen molar-refractivity contribution in [1.29, 1.82) is 0 Å². The van der Waals surface area contributed by atoms with Crippen LogP contribution in [0.3, 0.4) is 0 Å². The van der Waals surface area contributed by atoms with E-state index in [-0.39, 0.29) is 6.10 Å². The second-order valence-electron chi connectivity index (χ2n) is 7.81. The molecule has 1 saturated carbocycles. The summed E-state index contributed by atoms with van der Waals surface area (Å²) in [5.74, 6) is 1.16.